The first-order valence-corrected chi connectivity index (χ1v) is 5.73. The fourth-order valence-corrected chi connectivity index (χ4v) is 1.88. The second kappa shape index (κ2) is 5.95. The molecule has 0 aromatic heterocycles. The van der Waals surface area contributed by atoms with E-state index >= 15 is 0 Å². The Balaban J connectivity index is 2.27. The molecule has 0 atom stereocenters. The van der Waals surface area contributed by atoms with E-state index in [4.69, 9.17) is 4.74 Å². The van der Waals surface area contributed by atoms with Crippen molar-refractivity contribution >= 4 is 6.09 Å². The van der Waals surface area contributed by atoms with E-state index in [-0.39, 0.29) is 12.2 Å². The molecular weight excluding hydrogens is 192 g/mol. The number of carbonyl (C=O) groups is 1. The normalized spacial score (nSPS) is 18.3. The fourth-order valence-electron chi connectivity index (χ4n) is 1.88. The lowest BCUT2D eigenvalue weighted by Crippen LogP contribution is -2.41. The van der Waals surface area contributed by atoms with Crippen molar-refractivity contribution in [1.29, 1.82) is 0 Å². The molecule has 4 heteroatoms. The first-order chi connectivity index (χ1) is 7.13. The summed E-state index contributed by atoms with van der Waals surface area (Å²) < 4.78 is 5.16. The lowest BCUT2D eigenvalue weighted by atomic mass is 9.97. The van der Waals surface area contributed by atoms with Crippen molar-refractivity contribution < 1.29 is 9.53 Å². The van der Waals surface area contributed by atoms with E-state index in [0.717, 1.165) is 32.5 Å². The molecule has 0 bridgehead atoms. The number of hydrogen-bond donors (Lipinski definition) is 1. The number of likely N-dealkylation sites (tertiary alicyclic amines) is 1. The molecule has 1 amide bonds. The van der Waals surface area contributed by atoms with Crippen LogP contribution in [0.4, 0.5) is 4.79 Å². The number of nitrogens with one attached hydrogen (secondary N) is 1. The molecule has 1 aliphatic heterocycles. The minimum Gasteiger partial charge on any atom is -0.447 e. The summed E-state index contributed by atoms with van der Waals surface area (Å²) in [7, 11) is 1.97. The number of nitrogens with zero attached hydrogens (tertiary/aromatic N) is 1. The maximum absolute atomic E-state index is 11.6. The van der Waals surface area contributed by atoms with Gasteiger partial charge in [-0.1, -0.05) is 0 Å². The van der Waals surface area contributed by atoms with Gasteiger partial charge in [0, 0.05) is 13.1 Å². The van der Waals surface area contributed by atoms with Gasteiger partial charge < -0.3 is 15.0 Å². The molecule has 4 nitrogen and oxygen atoms in total. The molecular formula is C11H22N2O2. The van der Waals surface area contributed by atoms with Gasteiger partial charge in [0.25, 0.3) is 0 Å². The minimum absolute atomic E-state index is 0.0208. The van der Waals surface area contributed by atoms with Gasteiger partial charge in [-0.05, 0) is 46.2 Å². The van der Waals surface area contributed by atoms with Crippen molar-refractivity contribution in [3.63, 3.8) is 0 Å². The number of piperidine rings is 1. The van der Waals surface area contributed by atoms with Gasteiger partial charge in [0.2, 0.25) is 0 Å². The highest BCUT2D eigenvalue weighted by Gasteiger charge is 2.23. The Hall–Kier alpha value is -0.770. The van der Waals surface area contributed by atoms with E-state index in [2.05, 4.69) is 5.32 Å². The smallest absolute Gasteiger partial charge is 0.410 e. The Kier molecular flexibility index (Phi) is 4.88. The van der Waals surface area contributed by atoms with Crippen LogP contribution in [0.5, 0.6) is 0 Å². The van der Waals surface area contributed by atoms with Crippen LogP contribution in [-0.4, -0.2) is 43.8 Å². The molecule has 1 heterocycles. The van der Waals surface area contributed by atoms with Gasteiger partial charge in [-0.2, -0.15) is 0 Å². The van der Waals surface area contributed by atoms with Crippen LogP contribution in [0, 0.1) is 5.92 Å². The summed E-state index contributed by atoms with van der Waals surface area (Å²) in [5.74, 6) is 0.707. The highest BCUT2D eigenvalue weighted by molar-refractivity contribution is 5.67. The van der Waals surface area contributed by atoms with Crippen molar-refractivity contribution in [2.75, 3.05) is 26.7 Å². The summed E-state index contributed by atoms with van der Waals surface area (Å²) >= 11 is 0. The average molecular weight is 214 g/mol. The summed E-state index contributed by atoms with van der Waals surface area (Å²) in [5, 5.41) is 3.18. The van der Waals surface area contributed by atoms with Gasteiger partial charge in [-0.15, -0.1) is 0 Å². The van der Waals surface area contributed by atoms with Crippen LogP contribution >= 0.6 is 0 Å². The van der Waals surface area contributed by atoms with Gasteiger partial charge in [0.15, 0.2) is 0 Å². The molecule has 0 aromatic carbocycles. The van der Waals surface area contributed by atoms with Crippen molar-refractivity contribution in [2.24, 2.45) is 5.92 Å². The van der Waals surface area contributed by atoms with Crippen LogP contribution in [-0.2, 0) is 4.74 Å². The van der Waals surface area contributed by atoms with Crippen molar-refractivity contribution in [3.05, 3.63) is 0 Å². The van der Waals surface area contributed by atoms with Crippen LogP contribution < -0.4 is 5.32 Å². The van der Waals surface area contributed by atoms with Gasteiger partial charge in [-0.3, -0.25) is 0 Å². The Labute approximate surface area is 92.0 Å². The number of rotatable bonds is 3. The van der Waals surface area contributed by atoms with E-state index in [1.54, 1.807) is 0 Å². The highest BCUT2D eigenvalue weighted by atomic mass is 16.6. The predicted octanol–water partition coefficient (Wildman–Crippen LogP) is 1.46. The minimum atomic E-state index is -0.159. The van der Waals surface area contributed by atoms with E-state index < -0.39 is 0 Å². The number of ether oxygens (including phenoxy) is 1. The molecule has 0 radical (unpaired) electrons. The topological polar surface area (TPSA) is 41.6 Å². The predicted molar refractivity (Wildman–Crippen MR) is 59.8 cm³/mol. The van der Waals surface area contributed by atoms with Gasteiger partial charge in [-0.25, -0.2) is 4.79 Å². The Morgan fingerprint density at radius 1 is 1.47 bits per heavy atom. The zero-order chi connectivity index (χ0) is 11.3. The summed E-state index contributed by atoms with van der Waals surface area (Å²) in [4.78, 5) is 13.4. The van der Waals surface area contributed by atoms with Crippen LogP contribution in [0.25, 0.3) is 0 Å². The van der Waals surface area contributed by atoms with Crippen LogP contribution in [0.3, 0.4) is 0 Å². The molecule has 0 aromatic rings. The third-order valence-corrected chi connectivity index (χ3v) is 2.70. The summed E-state index contributed by atoms with van der Waals surface area (Å²) in [6.45, 7) is 6.47. The Morgan fingerprint density at radius 3 is 2.53 bits per heavy atom. The van der Waals surface area contributed by atoms with Gasteiger partial charge >= 0.3 is 6.09 Å². The molecule has 0 saturated carbocycles. The van der Waals surface area contributed by atoms with Crippen molar-refractivity contribution in [1.82, 2.24) is 10.2 Å². The molecule has 15 heavy (non-hydrogen) atoms. The van der Waals surface area contributed by atoms with E-state index in [9.17, 15) is 4.79 Å². The number of hydrogen-bond acceptors (Lipinski definition) is 3. The lowest BCUT2D eigenvalue weighted by molar-refractivity contribution is 0.0655. The SMILES string of the molecule is CNCC1CCN(C(=O)OC(C)C)CC1. The monoisotopic (exact) mass is 214 g/mol. The molecule has 1 rings (SSSR count). The van der Waals surface area contributed by atoms with Crippen molar-refractivity contribution in [3.8, 4) is 0 Å². The molecule has 1 fully saturated rings. The largest absolute Gasteiger partial charge is 0.447 e. The van der Waals surface area contributed by atoms with Crippen LogP contribution in [0.15, 0.2) is 0 Å². The first kappa shape index (κ1) is 12.3. The summed E-state index contributed by atoms with van der Waals surface area (Å²) in [6.07, 6.45) is 1.97. The fraction of sp³-hybridized carbons (Fsp3) is 0.909. The van der Waals surface area contributed by atoms with Crippen LogP contribution in [0.1, 0.15) is 26.7 Å². The molecule has 88 valence electrons. The van der Waals surface area contributed by atoms with E-state index in [0.29, 0.717) is 5.92 Å². The molecule has 0 aliphatic carbocycles. The quantitative estimate of drug-likeness (QED) is 0.773. The standard InChI is InChI=1S/C11H22N2O2/c1-9(2)15-11(14)13-6-4-10(5-7-13)8-12-3/h9-10,12H,4-8H2,1-3H3. The zero-order valence-electron chi connectivity index (χ0n) is 9.95. The second-order valence-electron chi connectivity index (χ2n) is 4.42. The average Bonchev–Trinajstić information content (AvgIpc) is 2.18. The lowest BCUT2D eigenvalue weighted by Gasteiger charge is -2.31. The number of carbonyl (C=O) groups excluding carboxylic acids is 1. The maximum atomic E-state index is 11.6. The molecule has 0 unspecified atom stereocenters. The zero-order valence-corrected chi connectivity index (χ0v) is 9.95. The first-order valence-electron chi connectivity index (χ1n) is 5.73. The van der Waals surface area contributed by atoms with E-state index in [1.807, 2.05) is 25.8 Å². The molecule has 1 saturated heterocycles. The third kappa shape index (κ3) is 4.08. The maximum Gasteiger partial charge on any atom is 0.410 e. The summed E-state index contributed by atoms with van der Waals surface area (Å²) in [5.41, 5.74) is 0. The van der Waals surface area contributed by atoms with Crippen LogP contribution in [0.2, 0.25) is 0 Å². The highest BCUT2D eigenvalue weighted by Crippen LogP contribution is 2.17. The molecule has 1 N–H and O–H groups in total. The van der Waals surface area contributed by atoms with Gasteiger partial charge in [0.1, 0.15) is 0 Å². The van der Waals surface area contributed by atoms with Crippen molar-refractivity contribution in [2.45, 2.75) is 32.8 Å². The van der Waals surface area contributed by atoms with E-state index in [1.165, 1.54) is 0 Å². The second-order valence-corrected chi connectivity index (χ2v) is 4.42. The number of amides is 1. The third-order valence-electron chi connectivity index (χ3n) is 2.70. The Bertz CT molecular complexity index is 199. The summed E-state index contributed by atoms with van der Waals surface area (Å²) in [6, 6.07) is 0. The Morgan fingerprint density at radius 2 is 2.07 bits per heavy atom. The van der Waals surface area contributed by atoms with Gasteiger partial charge in [0.05, 0.1) is 6.10 Å². The molecule has 0 spiro atoms. The molecule has 1 aliphatic rings.